The number of imide groups is 1. The van der Waals surface area contributed by atoms with Crippen LogP contribution in [0.1, 0.15) is 31.2 Å². The molecule has 4 amide bonds. The molecule has 2 fully saturated rings. The zero-order valence-electron chi connectivity index (χ0n) is 20.8. The summed E-state index contributed by atoms with van der Waals surface area (Å²) < 4.78 is 46.6. The van der Waals surface area contributed by atoms with Gasteiger partial charge < -0.3 is 25.2 Å². The summed E-state index contributed by atoms with van der Waals surface area (Å²) in [5.74, 6) is -1.69. The van der Waals surface area contributed by atoms with Crippen molar-refractivity contribution in [1.29, 1.82) is 0 Å². The smallest absolute Gasteiger partial charge is 0.490 e. The number of thioether (sulfide) groups is 1. The number of hydrogen-bond donors (Lipinski definition) is 3. The molecular formula is C26H24F3N3O7S. The molecular weight excluding hydrogens is 555 g/mol. The molecule has 0 spiro atoms. The van der Waals surface area contributed by atoms with E-state index in [1.165, 1.54) is 18.2 Å². The predicted molar refractivity (Wildman–Crippen MR) is 139 cm³/mol. The van der Waals surface area contributed by atoms with Crippen LogP contribution in [0.2, 0.25) is 0 Å². The number of rotatable bonds is 8. The van der Waals surface area contributed by atoms with E-state index in [9.17, 15) is 32.3 Å². The van der Waals surface area contributed by atoms with E-state index in [4.69, 9.17) is 9.84 Å². The first-order valence-corrected chi connectivity index (χ1v) is 12.9. The minimum absolute atomic E-state index is 0.0688. The number of halogens is 3. The largest absolute Gasteiger partial charge is 0.573 e. The lowest BCUT2D eigenvalue weighted by Crippen LogP contribution is -2.41. The molecule has 4 rings (SSSR count). The van der Waals surface area contributed by atoms with Gasteiger partial charge in [-0.25, -0.2) is 4.79 Å². The van der Waals surface area contributed by atoms with Crippen molar-refractivity contribution in [2.45, 2.75) is 44.2 Å². The minimum Gasteiger partial charge on any atom is -0.490 e. The Labute approximate surface area is 230 Å². The number of nitrogens with one attached hydrogen (secondary N) is 2. The summed E-state index contributed by atoms with van der Waals surface area (Å²) in [5, 5.41) is 13.7. The zero-order chi connectivity index (χ0) is 28.9. The molecule has 0 atom stereocenters. The van der Waals surface area contributed by atoms with Crippen LogP contribution in [0.3, 0.4) is 0 Å². The number of carboxylic acid groups (broad SMARTS) is 1. The Morgan fingerprint density at radius 2 is 1.62 bits per heavy atom. The molecule has 2 aliphatic rings. The molecule has 1 heterocycles. The fourth-order valence-electron chi connectivity index (χ4n) is 4.18. The fraction of sp³-hybridized carbons (Fsp3) is 0.308. The van der Waals surface area contributed by atoms with Gasteiger partial charge in [-0.15, -0.1) is 13.2 Å². The van der Waals surface area contributed by atoms with E-state index in [1.807, 2.05) is 0 Å². The quantitative estimate of drug-likeness (QED) is 0.363. The second-order valence-corrected chi connectivity index (χ2v) is 9.99. The van der Waals surface area contributed by atoms with Crippen LogP contribution >= 0.6 is 11.8 Å². The fourth-order valence-corrected chi connectivity index (χ4v) is 5.01. The van der Waals surface area contributed by atoms with Crippen LogP contribution in [0, 0.1) is 0 Å². The molecule has 2 aromatic rings. The topological polar surface area (TPSA) is 134 Å². The third-order valence-corrected chi connectivity index (χ3v) is 6.91. The van der Waals surface area contributed by atoms with Crippen LogP contribution < -0.4 is 20.1 Å². The van der Waals surface area contributed by atoms with E-state index >= 15 is 0 Å². The van der Waals surface area contributed by atoms with Crippen LogP contribution in [0.25, 0.3) is 6.08 Å². The normalized spacial score (nSPS) is 20.4. The summed E-state index contributed by atoms with van der Waals surface area (Å²) in [7, 11) is 0. The summed E-state index contributed by atoms with van der Waals surface area (Å²) in [5.41, 5.74) is 0.970. The number of carbonyl (C=O) groups excluding carboxylic acids is 3. The van der Waals surface area contributed by atoms with Crippen molar-refractivity contribution in [1.82, 2.24) is 10.2 Å². The number of aliphatic carboxylic acids is 1. The van der Waals surface area contributed by atoms with Crippen molar-refractivity contribution in [3.05, 3.63) is 59.0 Å². The summed E-state index contributed by atoms with van der Waals surface area (Å²) >= 11 is 0.685. The van der Waals surface area contributed by atoms with Crippen LogP contribution in [0.5, 0.6) is 11.5 Å². The average molecular weight is 580 g/mol. The van der Waals surface area contributed by atoms with E-state index < -0.39 is 36.1 Å². The van der Waals surface area contributed by atoms with Gasteiger partial charge in [-0.2, -0.15) is 0 Å². The minimum atomic E-state index is -4.79. The van der Waals surface area contributed by atoms with E-state index in [1.54, 1.807) is 24.3 Å². The second-order valence-electron chi connectivity index (χ2n) is 8.99. The first-order valence-electron chi connectivity index (χ1n) is 12.1. The highest BCUT2D eigenvalue weighted by molar-refractivity contribution is 8.18. The molecule has 1 saturated heterocycles. The number of benzene rings is 2. The Morgan fingerprint density at radius 3 is 2.23 bits per heavy atom. The number of nitrogens with zero attached hydrogens (tertiary/aromatic N) is 1. The number of alkyl halides is 3. The van der Waals surface area contributed by atoms with Crippen molar-refractivity contribution in [2.75, 3.05) is 11.9 Å². The first kappa shape index (κ1) is 28.8. The number of carbonyl (C=O) groups is 4. The Hall–Kier alpha value is -4.20. The first-order chi connectivity index (χ1) is 18.9. The van der Waals surface area contributed by atoms with Crippen LogP contribution in [-0.4, -0.2) is 58.2 Å². The molecule has 212 valence electrons. The molecule has 0 radical (unpaired) electrons. The van der Waals surface area contributed by atoms with Gasteiger partial charge in [0.1, 0.15) is 18.0 Å². The average Bonchev–Trinajstić information content (AvgIpc) is 3.13. The number of carboxylic acids is 1. The third kappa shape index (κ3) is 8.15. The molecule has 2 aromatic carbocycles. The second kappa shape index (κ2) is 12.3. The van der Waals surface area contributed by atoms with Crippen molar-refractivity contribution >= 4 is 46.7 Å². The van der Waals surface area contributed by atoms with Gasteiger partial charge in [0.25, 0.3) is 11.1 Å². The van der Waals surface area contributed by atoms with Gasteiger partial charge in [-0.1, -0.05) is 12.1 Å². The maximum absolute atomic E-state index is 12.3. The number of anilines is 1. The Kier molecular flexibility index (Phi) is 8.87. The summed E-state index contributed by atoms with van der Waals surface area (Å²) in [6.07, 6.45) is -0.630. The van der Waals surface area contributed by atoms with Crippen LogP contribution in [-0.2, 0) is 9.59 Å². The van der Waals surface area contributed by atoms with Crippen molar-refractivity contribution < 1.29 is 46.9 Å². The van der Waals surface area contributed by atoms with Gasteiger partial charge in [0.05, 0.1) is 11.0 Å². The lowest BCUT2D eigenvalue weighted by atomic mass is 9.93. The highest BCUT2D eigenvalue weighted by atomic mass is 32.2. The summed E-state index contributed by atoms with van der Waals surface area (Å²) in [6.45, 7) is -0.685. The molecule has 40 heavy (non-hydrogen) atoms. The third-order valence-electron chi connectivity index (χ3n) is 6.00. The predicted octanol–water partition coefficient (Wildman–Crippen LogP) is 5.22. The lowest BCUT2D eigenvalue weighted by molar-refractivity contribution is -0.274. The van der Waals surface area contributed by atoms with Crippen LogP contribution in [0.15, 0.2) is 53.4 Å². The lowest BCUT2D eigenvalue weighted by Gasteiger charge is -2.29. The molecule has 3 N–H and O–H groups in total. The summed E-state index contributed by atoms with van der Waals surface area (Å²) in [6, 6.07) is 11.2. The number of ether oxygens (including phenoxy) is 2. The van der Waals surface area contributed by atoms with Gasteiger partial charge in [0, 0.05) is 11.7 Å². The van der Waals surface area contributed by atoms with E-state index in [0.717, 1.165) is 12.1 Å². The maximum Gasteiger partial charge on any atom is 0.573 e. The Bertz CT molecular complexity index is 1290. The van der Waals surface area contributed by atoms with Crippen molar-refractivity contribution in [2.24, 2.45) is 0 Å². The Morgan fingerprint density at radius 1 is 1.00 bits per heavy atom. The SMILES string of the molecule is O=C(O)CN1C(=O)S/C(=C\c2ccc(OC3CCC(NC(=O)Nc4ccc(OC(F)(F)F)cc4)CC3)cc2)C1=O. The number of amides is 4. The highest BCUT2D eigenvalue weighted by Crippen LogP contribution is 2.32. The monoisotopic (exact) mass is 579 g/mol. The van der Waals surface area contributed by atoms with Crippen LogP contribution in [0.4, 0.5) is 28.4 Å². The number of hydrogen-bond acceptors (Lipinski definition) is 7. The zero-order valence-corrected chi connectivity index (χ0v) is 21.6. The van der Waals surface area contributed by atoms with Crippen molar-refractivity contribution in [3.63, 3.8) is 0 Å². The standard InChI is InChI=1S/C26H24F3N3O7S/c27-26(28,29)39-20-11-5-17(6-12-20)31-24(36)30-16-3-9-19(10-4-16)38-18-7-1-15(2-8-18)13-21-23(35)32(14-22(33)34)25(37)40-21/h1-2,5-8,11-13,16,19H,3-4,9-10,14H2,(H,33,34)(H2,30,31,36)/b21-13-. The molecule has 14 heteroatoms. The van der Waals surface area contributed by atoms with E-state index in [-0.39, 0.29) is 22.8 Å². The van der Waals surface area contributed by atoms with Gasteiger partial charge >= 0.3 is 18.4 Å². The Balaban J connectivity index is 1.21. The van der Waals surface area contributed by atoms with E-state index in [2.05, 4.69) is 15.4 Å². The molecule has 1 saturated carbocycles. The van der Waals surface area contributed by atoms with Gasteiger partial charge in [0.15, 0.2) is 0 Å². The number of urea groups is 1. The van der Waals surface area contributed by atoms with Gasteiger partial charge in [-0.3, -0.25) is 19.3 Å². The molecule has 0 unspecified atom stereocenters. The molecule has 0 bridgehead atoms. The van der Waals surface area contributed by atoms with Gasteiger partial charge in [-0.05, 0) is 85.5 Å². The molecule has 10 nitrogen and oxygen atoms in total. The van der Waals surface area contributed by atoms with Gasteiger partial charge in [0.2, 0.25) is 0 Å². The maximum atomic E-state index is 12.3. The molecule has 1 aliphatic carbocycles. The molecule has 1 aliphatic heterocycles. The molecule has 0 aromatic heterocycles. The van der Waals surface area contributed by atoms with E-state index in [0.29, 0.717) is 59.3 Å². The van der Waals surface area contributed by atoms with Crippen molar-refractivity contribution in [3.8, 4) is 11.5 Å². The highest BCUT2D eigenvalue weighted by Gasteiger charge is 2.36. The summed E-state index contributed by atoms with van der Waals surface area (Å²) in [4.78, 5) is 48.1.